The Labute approximate surface area is 191 Å². The van der Waals surface area contributed by atoms with Gasteiger partial charge in [0.05, 0.1) is 27.0 Å². The van der Waals surface area contributed by atoms with E-state index in [2.05, 4.69) is 20.6 Å². The van der Waals surface area contributed by atoms with Crippen LogP contribution in [0.25, 0.3) is 5.69 Å². The van der Waals surface area contributed by atoms with Gasteiger partial charge in [0.2, 0.25) is 0 Å². The maximum absolute atomic E-state index is 12.8. The van der Waals surface area contributed by atoms with E-state index in [4.69, 9.17) is 11.6 Å². The number of hydrogen-bond donors (Lipinski definition) is 1. The third-order valence-electron chi connectivity index (χ3n) is 4.82. The Morgan fingerprint density at radius 1 is 1.19 bits per heavy atom. The lowest BCUT2D eigenvalue weighted by molar-refractivity contribution is -0.384. The van der Waals surface area contributed by atoms with Crippen LogP contribution >= 0.6 is 22.9 Å². The number of hydrogen-bond acceptors (Lipinski definition) is 7. The molecular formula is C21H17ClN6O3S. The molecule has 4 aromatic rings. The van der Waals surface area contributed by atoms with Crippen LogP contribution in [-0.2, 0) is 6.42 Å². The highest BCUT2D eigenvalue weighted by molar-refractivity contribution is 7.15. The predicted octanol–water partition coefficient (Wildman–Crippen LogP) is 4.75. The van der Waals surface area contributed by atoms with Crippen LogP contribution < -0.4 is 5.32 Å². The van der Waals surface area contributed by atoms with Gasteiger partial charge in [0.1, 0.15) is 0 Å². The summed E-state index contributed by atoms with van der Waals surface area (Å²) >= 11 is 7.58. The van der Waals surface area contributed by atoms with E-state index in [0.29, 0.717) is 28.0 Å². The molecule has 1 amide bonds. The third-order valence-corrected chi connectivity index (χ3v) is 6.21. The number of carbonyl (C=O) groups excluding carboxylic acids is 1. The van der Waals surface area contributed by atoms with E-state index in [1.54, 1.807) is 31.2 Å². The number of nitro benzene ring substituents is 1. The number of nitro groups is 1. The molecule has 2 aromatic carbocycles. The number of benzene rings is 2. The lowest BCUT2D eigenvalue weighted by atomic mass is 10.1. The lowest BCUT2D eigenvalue weighted by Gasteiger charge is -2.05. The number of halogens is 1. The minimum atomic E-state index is -0.431. The van der Waals surface area contributed by atoms with Crippen LogP contribution in [0.3, 0.4) is 0 Å². The molecule has 9 nitrogen and oxygen atoms in total. The van der Waals surface area contributed by atoms with Crippen LogP contribution in [0.5, 0.6) is 0 Å². The molecule has 32 heavy (non-hydrogen) atoms. The number of non-ortho nitro benzene ring substituents is 1. The van der Waals surface area contributed by atoms with Gasteiger partial charge in [0, 0.05) is 23.4 Å². The number of aromatic nitrogens is 4. The summed E-state index contributed by atoms with van der Waals surface area (Å²) in [6.45, 7) is 3.59. The molecule has 0 aliphatic carbocycles. The number of rotatable bonds is 6. The number of carbonyl (C=O) groups is 1. The van der Waals surface area contributed by atoms with Crippen LogP contribution in [0.4, 0.5) is 10.8 Å². The molecule has 0 unspecified atom stereocenters. The van der Waals surface area contributed by atoms with Gasteiger partial charge in [0.25, 0.3) is 11.6 Å². The van der Waals surface area contributed by atoms with Crippen molar-refractivity contribution in [2.45, 2.75) is 20.3 Å². The standard InChI is InChI=1S/C21H17ClN6O3S/c1-12-18(11-14-7-9-15(10-8-14)28(30)31)32-21(23-12)24-20(29)19-13(2)27(26-25-19)17-6-4-3-5-16(17)22/h3-10H,11H2,1-2H3,(H,23,24,29). The number of para-hydroxylation sites is 1. The Morgan fingerprint density at radius 3 is 2.59 bits per heavy atom. The van der Waals surface area contributed by atoms with E-state index >= 15 is 0 Å². The Hall–Kier alpha value is -3.63. The average molecular weight is 469 g/mol. The number of nitrogens with zero attached hydrogens (tertiary/aromatic N) is 5. The molecule has 0 saturated carbocycles. The lowest BCUT2D eigenvalue weighted by Crippen LogP contribution is -2.14. The summed E-state index contributed by atoms with van der Waals surface area (Å²) in [5, 5.41) is 22.6. The quantitative estimate of drug-likeness (QED) is 0.322. The van der Waals surface area contributed by atoms with E-state index < -0.39 is 10.8 Å². The first-order chi connectivity index (χ1) is 15.3. The number of anilines is 1. The molecule has 0 saturated heterocycles. The molecule has 0 aliphatic rings. The molecule has 1 N–H and O–H groups in total. The van der Waals surface area contributed by atoms with Gasteiger partial charge in [-0.05, 0) is 31.5 Å². The van der Waals surface area contributed by atoms with E-state index in [0.717, 1.165) is 16.1 Å². The normalized spacial score (nSPS) is 10.8. The van der Waals surface area contributed by atoms with Gasteiger partial charge in [-0.15, -0.1) is 16.4 Å². The predicted molar refractivity (Wildman–Crippen MR) is 122 cm³/mol. The average Bonchev–Trinajstić information content (AvgIpc) is 3.31. The Morgan fingerprint density at radius 2 is 1.91 bits per heavy atom. The van der Waals surface area contributed by atoms with Gasteiger partial charge in [-0.2, -0.15) is 0 Å². The van der Waals surface area contributed by atoms with Gasteiger partial charge in [-0.1, -0.05) is 41.1 Å². The molecule has 2 aromatic heterocycles. The van der Waals surface area contributed by atoms with Crippen molar-refractivity contribution in [3.63, 3.8) is 0 Å². The zero-order valence-corrected chi connectivity index (χ0v) is 18.6. The Bertz CT molecular complexity index is 1320. The highest BCUT2D eigenvalue weighted by atomic mass is 35.5. The molecule has 2 heterocycles. The molecule has 0 bridgehead atoms. The minimum Gasteiger partial charge on any atom is -0.296 e. The minimum absolute atomic E-state index is 0.0444. The van der Waals surface area contributed by atoms with Gasteiger partial charge >= 0.3 is 0 Å². The molecule has 0 atom stereocenters. The van der Waals surface area contributed by atoms with Crippen molar-refractivity contribution in [3.8, 4) is 5.69 Å². The van der Waals surface area contributed by atoms with Crippen molar-refractivity contribution in [1.82, 2.24) is 20.0 Å². The van der Waals surface area contributed by atoms with Crippen molar-refractivity contribution < 1.29 is 9.72 Å². The zero-order chi connectivity index (χ0) is 22.8. The second-order valence-electron chi connectivity index (χ2n) is 6.97. The Kier molecular flexibility index (Phi) is 5.97. The van der Waals surface area contributed by atoms with Crippen molar-refractivity contribution in [2.24, 2.45) is 0 Å². The van der Waals surface area contributed by atoms with Crippen LogP contribution in [0.1, 0.15) is 32.3 Å². The van der Waals surface area contributed by atoms with Crippen LogP contribution in [0.15, 0.2) is 48.5 Å². The van der Waals surface area contributed by atoms with Crippen molar-refractivity contribution in [1.29, 1.82) is 0 Å². The monoisotopic (exact) mass is 468 g/mol. The fourth-order valence-electron chi connectivity index (χ4n) is 3.11. The van der Waals surface area contributed by atoms with Gasteiger partial charge < -0.3 is 0 Å². The molecule has 0 radical (unpaired) electrons. The highest BCUT2D eigenvalue weighted by Gasteiger charge is 2.20. The fraction of sp³-hybridized carbons (Fsp3) is 0.143. The number of aryl methyl sites for hydroxylation is 1. The number of amides is 1. The smallest absolute Gasteiger partial charge is 0.279 e. The summed E-state index contributed by atoms with van der Waals surface area (Å²) in [6.07, 6.45) is 0.555. The molecule has 0 fully saturated rings. The van der Waals surface area contributed by atoms with Crippen molar-refractivity contribution in [3.05, 3.63) is 91.2 Å². The summed E-state index contributed by atoms with van der Waals surface area (Å²) in [4.78, 5) is 28.5. The second kappa shape index (κ2) is 8.85. The summed E-state index contributed by atoms with van der Waals surface area (Å²) in [7, 11) is 0. The molecule has 4 rings (SSSR count). The van der Waals surface area contributed by atoms with Gasteiger partial charge in [-0.3, -0.25) is 20.2 Å². The first kappa shape index (κ1) is 21.6. The summed E-state index contributed by atoms with van der Waals surface area (Å²) in [6, 6.07) is 13.5. The summed E-state index contributed by atoms with van der Waals surface area (Å²) < 4.78 is 1.52. The van der Waals surface area contributed by atoms with Crippen molar-refractivity contribution in [2.75, 3.05) is 5.32 Å². The van der Waals surface area contributed by atoms with Crippen LogP contribution in [0, 0.1) is 24.0 Å². The largest absolute Gasteiger partial charge is 0.296 e. The second-order valence-corrected chi connectivity index (χ2v) is 8.46. The topological polar surface area (TPSA) is 116 Å². The van der Waals surface area contributed by atoms with Crippen LogP contribution in [-0.4, -0.2) is 30.8 Å². The maximum atomic E-state index is 12.8. The summed E-state index contributed by atoms with van der Waals surface area (Å²) in [5.74, 6) is -0.420. The van der Waals surface area contributed by atoms with E-state index in [1.165, 1.54) is 28.2 Å². The number of thiazole rings is 1. The first-order valence-corrected chi connectivity index (χ1v) is 10.7. The van der Waals surface area contributed by atoms with E-state index in [9.17, 15) is 14.9 Å². The highest BCUT2D eigenvalue weighted by Crippen LogP contribution is 2.27. The molecule has 162 valence electrons. The Balaban J connectivity index is 1.50. The van der Waals surface area contributed by atoms with Crippen LogP contribution in [0.2, 0.25) is 5.02 Å². The third kappa shape index (κ3) is 4.36. The zero-order valence-electron chi connectivity index (χ0n) is 17.1. The number of nitrogens with one attached hydrogen (secondary N) is 1. The summed E-state index contributed by atoms with van der Waals surface area (Å²) in [5.41, 5.74) is 3.10. The van der Waals surface area contributed by atoms with Crippen molar-refractivity contribution >= 4 is 39.7 Å². The molecule has 11 heteroatoms. The molecule has 0 aliphatic heterocycles. The molecule has 0 spiro atoms. The fourth-order valence-corrected chi connectivity index (χ4v) is 4.32. The molecular weight excluding hydrogens is 452 g/mol. The van der Waals surface area contributed by atoms with Gasteiger partial charge in [0.15, 0.2) is 10.8 Å². The van der Waals surface area contributed by atoms with E-state index in [1.807, 2.05) is 19.1 Å². The first-order valence-electron chi connectivity index (χ1n) is 9.51. The van der Waals surface area contributed by atoms with E-state index in [-0.39, 0.29) is 11.4 Å². The maximum Gasteiger partial charge on any atom is 0.279 e. The SMILES string of the molecule is Cc1nc(NC(=O)c2nnn(-c3ccccc3Cl)c2C)sc1Cc1ccc([N+](=O)[O-])cc1. The van der Waals surface area contributed by atoms with Gasteiger partial charge in [-0.25, -0.2) is 9.67 Å².